The van der Waals surface area contributed by atoms with E-state index >= 15 is 0 Å². The molecule has 1 heterocycles. The first kappa shape index (κ1) is 23.7. The van der Waals surface area contributed by atoms with Gasteiger partial charge in [-0.05, 0) is 44.0 Å². The Kier molecular flexibility index (Phi) is 8.62. The summed E-state index contributed by atoms with van der Waals surface area (Å²) in [6.45, 7) is 4.44. The molecule has 1 aliphatic heterocycles. The minimum Gasteiger partial charge on any atom is -0.383 e. The number of hydrogen-bond donors (Lipinski definition) is 1. The summed E-state index contributed by atoms with van der Waals surface area (Å²) in [5.74, 6) is 0. The van der Waals surface area contributed by atoms with Crippen molar-refractivity contribution in [3.8, 4) is 0 Å². The lowest BCUT2D eigenvalue weighted by Crippen LogP contribution is -3.01. The van der Waals surface area contributed by atoms with Crippen molar-refractivity contribution in [3.05, 3.63) is 83.3 Å². The average Bonchev–Trinajstić information content (AvgIpc) is 3.48. The number of hydrogen-bond acceptors (Lipinski definition) is 3. The largest absolute Gasteiger partial charge is 0.383 e. The monoisotopic (exact) mass is 467 g/mol. The van der Waals surface area contributed by atoms with E-state index in [1.165, 1.54) is 28.4 Å². The van der Waals surface area contributed by atoms with Crippen molar-refractivity contribution < 1.29 is 10.2 Å². The zero-order valence-corrected chi connectivity index (χ0v) is 21.2. The summed E-state index contributed by atoms with van der Waals surface area (Å²) < 4.78 is 5.57. The standard InChI is InChI=1S/C27H35N2OPS/c1-21(31(23-13-6-4-7-14-23)24-15-8-5-9-16-24)27(25-17-10-18-26(25)32-3)28-29-19-11-12-22(29)20-30-2/h4-10,13-16,18,21-22,27-28H,11-12,17,19-20H2,1-3H3/p+1. The van der Waals surface area contributed by atoms with Crippen LogP contribution in [-0.4, -0.2) is 49.3 Å². The number of ether oxygens (including phenoxy) is 1. The zero-order chi connectivity index (χ0) is 22.3. The Bertz CT molecular complexity index is 878. The van der Waals surface area contributed by atoms with Crippen LogP contribution in [0.5, 0.6) is 0 Å². The van der Waals surface area contributed by atoms with E-state index in [2.05, 4.69) is 96.4 Å². The van der Waals surface area contributed by atoms with Crippen LogP contribution in [0.2, 0.25) is 0 Å². The molecule has 0 bridgehead atoms. The molecular formula is C27H36N2OPS+. The van der Waals surface area contributed by atoms with E-state index in [9.17, 15) is 0 Å². The van der Waals surface area contributed by atoms with Crippen LogP contribution in [0.3, 0.4) is 0 Å². The molecule has 4 rings (SSSR count). The number of allylic oxidation sites excluding steroid dienone is 2. The Balaban J connectivity index is 1.71. The Morgan fingerprint density at radius 2 is 1.75 bits per heavy atom. The quantitative estimate of drug-likeness (QED) is 0.422. The lowest BCUT2D eigenvalue weighted by atomic mass is 10.0. The number of nitrogens with two attached hydrogens (primary N) is 1. The molecule has 3 unspecified atom stereocenters. The van der Waals surface area contributed by atoms with E-state index < -0.39 is 7.92 Å². The highest BCUT2D eigenvalue weighted by atomic mass is 32.2. The van der Waals surface area contributed by atoms with Crippen molar-refractivity contribution >= 4 is 30.3 Å². The van der Waals surface area contributed by atoms with E-state index in [1.54, 1.807) is 5.57 Å². The molecule has 1 fully saturated rings. The summed E-state index contributed by atoms with van der Waals surface area (Å²) in [6, 6.07) is 23.2. The lowest BCUT2D eigenvalue weighted by molar-refractivity contribution is -0.827. The van der Waals surface area contributed by atoms with Crippen LogP contribution in [0.4, 0.5) is 0 Å². The third kappa shape index (κ3) is 5.38. The van der Waals surface area contributed by atoms with Crippen molar-refractivity contribution in [2.45, 2.75) is 43.9 Å². The molecule has 0 saturated carbocycles. The fourth-order valence-electron chi connectivity index (χ4n) is 5.09. The van der Waals surface area contributed by atoms with Gasteiger partial charge < -0.3 is 4.74 Å². The summed E-state index contributed by atoms with van der Waals surface area (Å²) in [4.78, 5) is 1.46. The van der Waals surface area contributed by atoms with Gasteiger partial charge >= 0.3 is 0 Å². The maximum Gasteiger partial charge on any atom is 0.134 e. The Morgan fingerprint density at radius 1 is 1.09 bits per heavy atom. The normalized spacial score (nSPS) is 20.9. The van der Waals surface area contributed by atoms with E-state index in [1.807, 2.05) is 18.9 Å². The van der Waals surface area contributed by atoms with Gasteiger partial charge in [-0.2, -0.15) is 5.01 Å². The van der Waals surface area contributed by atoms with Crippen LogP contribution >= 0.6 is 19.7 Å². The molecule has 170 valence electrons. The SMILES string of the molecule is COCC1CCCN1[NH2+]C(C1=C(SC)C=CC1)C(C)P(c1ccccc1)c1ccccc1. The predicted octanol–water partition coefficient (Wildman–Crippen LogP) is 4.04. The molecular weight excluding hydrogens is 431 g/mol. The molecule has 3 atom stereocenters. The van der Waals surface area contributed by atoms with Gasteiger partial charge in [-0.15, -0.1) is 11.8 Å². The topological polar surface area (TPSA) is 29.1 Å². The third-order valence-corrected chi connectivity index (χ3v) is 10.4. The highest BCUT2D eigenvalue weighted by molar-refractivity contribution is 8.02. The fraction of sp³-hybridized carbons (Fsp3) is 0.407. The minimum absolute atomic E-state index is 0.413. The summed E-state index contributed by atoms with van der Waals surface area (Å²) in [7, 11) is 1.33. The van der Waals surface area contributed by atoms with Gasteiger partial charge in [0.1, 0.15) is 6.04 Å². The first-order valence-corrected chi connectivity index (χ1v) is 14.3. The smallest absolute Gasteiger partial charge is 0.134 e. The van der Waals surface area contributed by atoms with E-state index in [0.717, 1.165) is 19.6 Å². The van der Waals surface area contributed by atoms with Gasteiger partial charge in [-0.1, -0.05) is 79.7 Å². The maximum atomic E-state index is 5.57. The minimum atomic E-state index is -0.494. The first-order valence-electron chi connectivity index (χ1n) is 11.7. The number of thioether (sulfide) groups is 1. The molecule has 32 heavy (non-hydrogen) atoms. The molecule has 1 aliphatic carbocycles. The van der Waals surface area contributed by atoms with Gasteiger partial charge in [0.15, 0.2) is 0 Å². The van der Waals surface area contributed by atoms with Crippen LogP contribution in [-0.2, 0) is 4.74 Å². The lowest BCUT2D eigenvalue weighted by Gasteiger charge is -2.35. The van der Waals surface area contributed by atoms with Crippen molar-refractivity contribution in [2.75, 3.05) is 26.5 Å². The molecule has 0 aromatic heterocycles. The van der Waals surface area contributed by atoms with Gasteiger partial charge in [0.2, 0.25) is 0 Å². The Hall–Kier alpha value is -1.42. The molecule has 2 aliphatic rings. The zero-order valence-electron chi connectivity index (χ0n) is 19.5. The van der Waals surface area contributed by atoms with E-state index in [0.29, 0.717) is 17.7 Å². The number of benzene rings is 2. The Labute approximate surface area is 199 Å². The van der Waals surface area contributed by atoms with Crippen molar-refractivity contribution in [2.24, 2.45) is 0 Å². The van der Waals surface area contributed by atoms with Crippen LogP contribution in [0.15, 0.2) is 83.3 Å². The predicted molar refractivity (Wildman–Crippen MR) is 140 cm³/mol. The van der Waals surface area contributed by atoms with Gasteiger partial charge in [-0.3, -0.25) is 5.43 Å². The fourth-order valence-corrected chi connectivity index (χ4v) is 8.61. The summed E-state index contributed by atoms with van der Waals surface area (Å²) in [6.07, 6.45) is 10.4. The summed E-state index contributed by atoms with van der Waals surface area (Å²) in [5.41, 5.74) is 4.67. The van der Waals surface area contributed by atoms with Gasteiger partial charge in [-0.25, -0.2) is 0 Å². The van der Waals surface area contributed by atoms with E-state index in [4.69, 9.17) is 4.74 Å². The van der Waals surface area contributed by atoms with Gasteiger partial charge in [0.25, 0.3) is 0 Å². The molecule has 2 aromatic rings. The number of quaternary nitrogens is 1. The second-order valence-corrected chi connectivity index (χ2v) is 12.1. The average molecular weight is 468 g/mol. The number of methoxy groups -OCH3 is 1. The molecule has 0 amide bonds. The maximum absolute atomic E-state index is 5.57. The van der Waals surface area contributed by atoms with Crippen LogP contribution in [0.25, 0.3) is 0 Å². The molecule has 5 heteroatoms. The van der Waals surface area contributed by atoms with E-state index in [-0.39, 0.29) is 0 Å². The second kappa shape index (κ2) is 11.6. The molecule has 2 N–H and O–H groups in total. The summed E-state index contributed by atoms with van der Waals surface area (Å²) in [5, 5.41) is 5.52. The highest BCUT2D eigenvalue weighted by Gasteiger charge is 2.39. The molecule has 1 saturated heterocycles. The van der Waals surface area contributed by atoms with Crippen molar-refractivity contribution in [1.82, 2.24) is 5.01 Å². The third-order valence-electron chi connectivity index (χ3n) is 6.68. The van der Waals surface area contributed by atoms with Crippen molar-refractivity contribution in [1.29, 1.82) is 0 Å². The van der Waals surface area contributed by atoms with Crippen LogP contribution in [0, 0.1) is 0 Å². The molecule has 0 radical (unpaired) electrons. The molecule has 2 aromatic carbocycles. The number of nitrogens with zero attached hydrogens (tertiary/aromatic N) is 1. The Morgan fingerprint density at radius 3 is 2.34 bits per heavy atom. The summed E-state index contributed by atoms with van der Waals surface area (Å²) >= 11 is 1.90. The first-order chi connectivity index (χ1) is 15.7. The van der Waals surface area contributed by atoms with Crippen molar-refractivity contribution in [3.63, 3.8) is 0 Å². The molecule has 3 nitrogen and oxygen atoms in total. The highest BCUT2D eigenvalue weighted by Crippen LogP contribution is 2.43. The van der Waals surface area contributed by atoms with Crippen LogP contribution in [0.1, 0.15) is 26.2 Å². The van der Waals surface area contributed by atoms with Crippen LogP contribution < -0.4 is 16.0 Å². The molecule has 0 spiro atoms. The van der Waals surface area contributed by atoms with Gasteiger partial charge in [0.05, 0.1) is 12.6 Å². The number of rotatable bonds is 10. The van der Waals surface area contributed by atoms with Gasteiger partial charge in [0, 0.05) is 29.8 Å². The second-order valence-electron chi connectivity index (χ2n) is 8.65.